The van der Waals surface area contributed by atoms with E-state index in [1.807, 2.05) is 0 Å². The zero-order chi connectivity index (χ0) is 15.4. The Kier molecular flexibility index (Phi) is 4.42. The molecule has 7 nitrogen and oxygen atoms in total. The number of nitrogens with zero attached hydrogens (tertiary/aromatic N) is 1. The third-order valence-corrected chi connectivity index (χ3v) is 3.14. The maximum Gasteiger partial charge on any atom is 0.351 e. The van der Waals surface area contributed by atoms with Gasteiger partial charge < -0.3 is 19.0 Å². The molecule has 0 aliphatic carbocycles. The van der Waals surface area contributed by atoms with Crippen molar-refractivity contribution < 1.29 is 28.6 Å². The van der Waals surface area contributed by atoms with Crippen molar-refractivity contribution in [3.8, 4) is 5.75 Å². The molecule has 0 N–H and O–H groups in total. The summed E-state index contributed by atoms with van der Waals surface area (Å²) in [4.78, 5) is 28.7. The molecule has 1 aromatic rings. The van der Waals surface area contributed by atoms with E-state index in [0.717, 1.165) is 0 Å². The lowest BCUT2D eigenvalue weighted by molar-refractivity contribution is -0.161. The summed E-state index contributed by atoms with van der Waals surface area (Å²) in [5.74, 6) is -1.59. The molecule has 2 atom stereocenters. The average molecular weight is 293 g/mol. The summed E-state index contributed by atoms with van der Waals surface area (Å²) in [6.45, 7) is 0. The van der Waals surface area contributed by atoms with Crippen LogP contribution in [0.5, 0.6) is 5.75 Å². The van der Waals surface area contributed by atoms with Crippen molar-refractivity contribution >= 4 is 17.7 Å². The van der Waals surface area contributed by atoms with Crippen LogP contribution < -0.4 is 4.74 Å². The van der Waals surface area contributed by atoms with E-state index < -0.39 is 24.0 Å². The lowest BCUT2D eigenvalue weighted by Gasteiger charge is -2.14. The van der Waals surface area contributed by atoms with Gasteiger partial charge in [-0.15, -0.1) is 0 Å². The molecule has 0 spiro atoms. The molecule has 0 aromatic heterocycles. The Morgan fingerprint density at radius 3 is 2.19 bits per heavy atom. The molecule has 2 rings (SSSR count). The highest BCUT2D eigenvalue weighted by molar-refractivity contribution is 6.15. The summed E-state index contributed by atoms with van der Waals surface area (Å²) in [6.07, 6.45) is -1.14. The van der Waals surface area contributed by atoms with Gasteiger partial charge in [-0.25, -0.2) is 4.79 Å². The zero-order valence-corrected chi connectivity index (χ0v) is 11.9. The number of methoxy groups -OCH3 is 3. The normalized spacial score (nSPS) is 20.2. The van der Waals surface area contributed by atoms with Crippen LogP contribution in [0.1, 0.15) is 5.56 Å². The van der Waals surface area contributed by atoms with E-state index >= 15 is 0 Å². The monoisotopic (exact) mass is 293 g/mol. The second-order valence-electron chi connectivity index (χ2n) is 4.26. The standard InChI is InChI=1S/C14H15NO6/c1-18-9-6-4-8(5-7-9)11-10(13(16)19-2)12(21-15-11)14(17)20-3/h4-7,10,12H,1-3H3. The van der Waals surface area contributed by atoms with Gasteiger partial charge in [0, 0.05) is 5.56 Å². The molecule has 0 bridgehead atoms. The molecular weight excluding hydrogens is 278 g/mol. The highest BCUT2D eigenvalue weighted by atomic mass is 16.7. The fourth-order valence-corrected chi connectivity index (χ4v) is 2.03. The first kappa shape index (κ1) is 14.8. The van der Waals surface area contributed by atoms with E-state index in [1.165, 1.54) is 14.2 Å². The van der Waals surface area contributed by atoms with Crippen LogP contribution in [0, 0.1) is 5.92 Å². The van der Waals surface area contributed by atoms with Gasteiger partial charge in [0.25, 0.3) is 0 Å². The Bertz CT molecular complexity index is 565. The van der Waals surface area contributed by atoms with Gasteiger partial charge in [-0.3, -0.25) is 4.79 Å². The molecular formula is C14H15NO6. The maximum atomic E-state index is 11.9. The minimum absolute atomic E-state index is 0.319. The smallest absolute Gasteiger partial charge is 0.351 e. The van der Waals surface area contributed by atoms with Crippen molar-refractivity contribution in [2.24, 2.45) is 11.1 Å². The van der Waals surface area contributed by atoms with Gasteiger partial charge >= 0.3 is 11.9 Å². The van der Waals surface area contributed by atoms with Gasteiger partial charge in [-0.2, -0.15) is 0 Å². The molecule has 0 fully saturated rings. The van der Waals surface area contributed by atoms with Crippen molar-refractivity contribution in [1.29, 1.82) is 0 Å². The Morgan fingerprint density at radius 2 is 1.67 bits per heavy atom. The first-order chi connectivity index (χ1) is 10.1. The highest BCUT2D eigenvalue weighted by Crippen LogP contribution is 2.26. The van der Waals surface area contributed by atoms with E-state index in [9.17, 15) is 9.59 Å². The van der Waals surface area contributed by atoms with Gasteiger partial charge in [0.05, 0.1) is 21.3 Å². The van der Waals surface area contributed by atoms with Gasteiger partial charge in [-0.05, 0) is 24.3 Å². The minimum Gasteiger partial charge on any atom is -0.497 e. The third-order valence-electron chi connectivity index (χ3n) is 3.14. The van der Waals surface area contributed by atoms with Crippen LogP contribution in [0.4, 0.5) is 0 Å². The maximum absolute atomic E-state index is 11.9. The van der Waals surface area contributed by atoms with Crippen molar-refractivity contribution in [1.82, 2.24) is 0 Å². The summed E-state index contributed by atoms with van der Waals surface area (Å²) in [5, 5.41) is 3.84. The second-order valence-corrected chi connectivity index (χ2v) is 4.26. The van der Waals surface area contributed by atoms with Crippen molar-refractivity contribution in [2.75, 3.05) is 21.3 Å². The van der Waals surface area contributed by atoms with Crippen molar-refractivity contribution in [3.05, 3.63) is 29.8 Å². The minimum atomic E-state index is -1.14. The van der Waals surface area contributed by atoms with Crippen LogP contribution in [0.2, 0.25) is 0 Å². The predicted octanol–water partition coefficient (Wildman–Crippen LogP) is 0.760. The number of esters is 2. The van der Waals surface area contributed by atoms with Gasteiger partial charge in [0.1, 0.15) is 11.5 Å². The lowest BCUT2D eigenvalue weighted by atomic mass is 9.92. The summed E-state index contributed by atoms with van der Waals surface area (Å²) in [5.41, 5.74) is 0.956. The van der Waals surface area contributed by atoms with Crippen molar-refractivity contribution in [3.63, 3.8) is 0 Å². The molecule has 112 valence electrons. The number of benzene rings is 1. The molecule has 1 aliphatic rings. The Hall–Kier alpha value is -2.57. The first-order valence-electron chi connectivity index (χ1n) is 6.16. The number of carbonyl (C=O) groups is 2. The fraction of sp³-hybridized carbons (Fsp3) is 0.357. The molecule has 7 heteroatoms. The second kappa shape index (κ2) is 6.25. The van der Waals surface area contributed by atoms with Crippen LogP contribution in [0.25, 0.3) is 0 Å². The largest absolute Gasteiger partial charge is 0.497 e. The number of ether oxygens (including phenoxy) is 3. The quantitative estimate of drug-likeness (QED) is 0.762. The number of hydrogen-bond acceptors (Lipinski definition) is 7. The zero-order valence-electron chi connectivity index (χ0n) is 11.9. The van der Waals surface area contributed by atoms with E-state index in [-0.39, 0.29) is 0 Å². The summed E-state index contributed by atoms with van der Waals surface area (Å²) in [6, 6.07) is 6.88. The molecule has 1 aliphatic heterocycles. The van der Waals surface area contributed by atoms with Crippen LogP contribution in [0.3, 0.4) is 0 Å². The van der Waals surface area contributed by atoms with Crippen molar-refractivity contribution in [2.45, 2.75) is 6.10 Å². The highest BCUT2D eigenvalue weighted by Gasteiger charge is 2.46. The Morgan fingerprint density at radius 1 is 1.05 bits per heavy atom. The lowest BCUT2D eigenvalue weighted by Crippen LogP contribution is -2.38. The van der Waals surface area contributed by atoms with Gasteiger partial charge in [0.2, 0.25) is 6.10 Å². The number of hydrogen-bond donors (Lipinski definition) is 0. The van der Waals surface area contributed by atoms with E-state index in [2.05, 4.69) is 9.89 Å². The molecule has 0 saturated carbocycles. The summed E-state index contributed by atoms with van der Waals surface area (Å²) >= 11 is 0. The molecule has 1 aromatic carbocycles. The number of carbonyl (C=O) groups excluding carboxylic acids is 2. The average Bonchev–Trinajstić information content (AvgIpc) is 2.98. The summed E-state index contributed by atoms with van der Waals surface area (Å²) in [7, 11) is 4.00. The van der Waals surface area contributed by atoms with E-state index in [0.29, 0.717) is 17.0 Å². The molecule has 21 heavy (non-hydrogen) atoms. The molecule has 0 radical (unpaired) electrons. The predicted molar refractivity (Wildman–Crippen MR) is 71.9 cm³/mol. The third kappa shape index (κ3) is 2.81. The summed E-state index contributed by atoms with van der Waals surface area (Å²) < 4.78 is 14.4. The molecule has 0 saturated heterocycles. The van der Waals surface area contributed by atoms with Gasteiger partial charge in [-0.1, -0.05) is 5.16 Å². The molecule has 2 unspecified atom stereocenters. The van der Waals surface area contributed by atoms with E-state index in [4.69, 9.17) is 14.3 Å². The van der Waals surface area contributed by atoms with Gasteiger partial charge in [0.15, 0.2) is 5.92 Å². The molecule has 1 heterocycles. The Labute approximate surface area is 121 Å². The van der Waals surface area contributed by atoms with E-state index in [1.54, 1.807) is 31.4 Å². The van der Waals surface area contributed by atoms with Crippen LogP contribution in [-0.4, -0.2) is 45.1 Å². The SMILES string of the molecule is COC(=O)C1ON=C(c2ccc(OC)cc2)C1C(=O)OC. The first-order valence-corrected chi connectivity index (χ1v) is 6.16. The van der Waals surface area contributed by atoms with Crippen LogP contribution in [-0.2, 0) is 23.9 Å². The number of oxime groups is 1. The fourth-order valence-electron chi connectivity index (χ4n) is 2.03. The van der Waals surface area contributed by atoms with Crippen LogP contribution in [0.15, 0.2) is 29.4 Å². The topological polar surface area (TPSA) is 83.4 Å². The Balaban J connectivity index is 2.32. The van der Waals surface area contributed by atoms with Crippen LogP contribution >= 0.6 is 0 Å². The number of rotatable bonds is 4. The molecule has 0 amide bonds.